The molecule has 0 aliphatic heterocycles. The van der Waals surface area contributed by atoms with Gasteiger partial charge in [0.2, 0.25) is 0 Å². The van der Waals surface area contributed by atoms with Gasteiger partial charge in [0.05, 0.1) is 18.6 Å². The predicted molar refractivity (Wildman–Crippen MR) is 151 cm³/mol. The van der Waals surface area contributed by atoms with Gasteiger partial charge in [0.25, 0.3) is 8.32 Å². The second-order valence-electron chi connectivity index (χ2n) is 10.8. The van der Waals surface area contributed by atoms with Crippen LogP contribution < -0.4 is 10.4 Å². The van der Waals surface area contributed by atoms with Crippen LogP contribution in [-0.2, 0) is 22.5 Å². The molecule has 2 aromatic carbocycles. The van der Waals surface area contributed by atoms with E-state index < -0.39 is 16.4 Å². The Labute approximate surface area is 215 Å². The number of halogens is 1. The van der Waals surface area contributed by atoms with Crippen molar-refractivity contribution >= 4 is 49.4 Å². The van der Waals surface area contributed by atoms with Crippen LogP contribution in [0, 0.1) is 3.70 Å². The Morgan fingerprint density at radius 2 is 1.45 bits per heavy atom. The molecule has 178 valence electrons. The van der Waals surface area contributed by atoms with Crippen molar-refractivity contribution in [2.45, 2.75) is 64.8 Å². The molecule has 0 fully saturated rings. The topological polar surface area (TPSA) is 36.3 Å². The van der Waals surface area contributed by atoms with Crippen LogP contribution in [0.4, 0.5) is 0 Å². The van der Waals surface area contributed by atoms with E-state index in [2.05, 4.69) is 133 Å². The van der Waals surface area contributed by atoms with E-state index in [4.69, 9.17) is 9.16 Å². The normalized spacial score (nSPS) is 12.8. The van der Waals surface area contributed by atoms with E-state index in [0.717, 1.165) is 22.0 Å². The van der Waals surface area contributed by atoms with Crippen LogP contribution in [0.2, 0.25) is 30.7 Å². The standard InChI is InChI=1S/C26H37IN2O2Si2/c1-26(2,3)33(22-13-9-7-10-14-22,23-15-11-8-12-16-23)31-19-24-25(27)28-20-29(24)21-30-17-18-32(4,5)6/h7-16,20H,17-19,21H2,1-6H3. The fraction of sp³-hybridized carbons (Fsp3) is 0.423. The lowest BCUT2D eigenvalue weighted by Crippen LogP contribution is -2.66. The molecule has 7 heteroatoms. The third kappa shape index (κ3) is 6.45. The van der Waals surface area contributed by atoms with Crippen molar-refractivity contribution in [1.29, 1.82) is 0 Å². The van der Waals surface area contributed by atoms with Gasteiger partial charge in [-0.3, -0.25) is 0 Å². The van der Waals surface area contributed by atoms with E-state index in [0.29, 0.717) is 13.3 Å². The van der Waals surface area contributed by atoms with Gasteiger partial charge >= 0.3 is 0 Å². The van der Waals surface area contributed by atoms with E-state index in [1.807, 2.05) is 6.33 Å². The van der Waals surface area contributed by atoms with E-state index >= 15 is 0 Å². The van der Waals surface area contributed by atoms with Crippen LogP contribution in [0.5, 0.6) is 0 Å². The van der Waals surface area contributed by atoms with E-state index in [9.17, 15) is 0 Å². The summed E-state index contributed by atoms with van der Waals surface area (Å²) in [4.78, 5) is 4.57. The molecule has 3 aromatic rings. The van der Waals surface area contributed by atoms with Crippen molar-refractivity contribution in [1.82, 2.24) is 9.55 Å². The Bertz CT molecular complexity index is 973. The van der Waals surface area contributed by atoms with E-state index in [1.54, 1.807) is 0 Å². The molecule has 0 unspecified atom stereocenters. The molecule has 1 heterocycles. The number of imidazole rings is 1. The van der Waals surface area contributed by atoms with Crippen molar-refractivity contribution in [3.05, 3.63) is 76.4 Å². The van der Waals surface area contributed by atoms with Crippen molar-refractivity contribution in [2.24, 2.45) is 0 Å². The lowest BCUT2D eigenvalue weighted by Gasteiger charge is -2.43. The van der Waals surface area contributed by atoms with Crippen LogP contribution in [-0.4, -0.2) is 32.5 Å². The number of ether oxygens (including phenoxy) is 1. The first-order valence-electron chi connectivity index (χ1n) is 11.6. The Hall–Kier alpha value is -1.27. The van der Waals surface area contributed by atoms with Gasteiger partial charge in [-0.05, 0) is 44.0 Å². The quantitative estimate of drug-likeness (QED) is 0.168. The Morgan fingerprint density at radius 1 is 0.909 bits per heavy atom. The molecular weight excluding hydrogens is 555 g/mol. The highest BCUT2D eigenvalue weighted by Crippen LogP contribution is 2.37. The van der Waals surface area contributed by atoms with Gasteiger partial charge in [-0.15, -0.1) is 0 Å². The largest absolute Gasteiger partial charge is 0.401 e. The maximum Gasteiger partial charge on any atom is 0.261 e. The van der Waals surface area contributed by atoms with E-state index in [1.165, 1.54) is 10.4 Å². The third-order valence-corrected chi connectivity index (χ3v) is 13.6. The molecule has 33 heavy (non-hydrogen) atoms. The molecule has 0 spiro atoms. The summed E-state index contributed by atoms with van der Waals surface area (Å²) in [5, 5.41) is 2.52. The first kappa shape index (κ1) is 26.3. The second kappa shape index (κ2) is 11.0. The smallest absolute Gasteiger partial charge is 0.261 e. The first-order chi connectivity index (χ1) is 15.5. The third-order valence-electron chi connectivity index (χ3n) is 5.96. The molecule has 3 rings (SSSR count). The maximum absolute atomic E-state index is 7.12. The molecule has 0 saturated carbocycles. The van der Waals surface area contributed by atoms with Gasteiger partial charge < -0.3 is 13.7 Å². The first-order valence-corrected chi connectivity index (χ1v) is 18.3. The highest BCUT2D eigenvalue weighted by Gasteiger charge is 2.50. The zero-order valence-electron chi connectivity index (χ0n) is 20.8. The highest BCUT2D eigenvalue weighted by molar-refractivity contribution is 14.1. The van der Waals surface area contributed by atoms with Crippen molar-refractivity contribution in [2.75, 3.05) is 6.61 Å². The Balaban J connectivity index is 1.91. The van der Waals surface area contributed by atoms with Gasteiger partial charge in [-0.1, -0.05) is 101 Å². The monoisotopic (exact) mass is 592 g/mol. The molecule has 0 aliphatic rings. The van der Waals surface area contributed by atoms with Gasteiger partial charge in [0.1, 0.15) is 10.4 Å². The van der Waals surface area contributed by atoms with E-state index in [-0.39, 0.29) is 5.04 Å². The molecule has 0 saturated heterocycles. The lowest BCUT2D eigenvalue weighted by atomic mass is 10.2. The summed E-state index contributed by atoms with van der Waals surface area (Å²) >= 11 is 2.31. The fourth-order valence-corrected chi connectivity index (χ4v) is 9.97. The molecule has 0 aliphatic carbocycles. The molecule has 4 nitrogen and oxygen atoms in total. The second-order valence-corrected chi connectivity index (χ2v) is 21.7. The molecule has 0 radical (unpaired) electrons. The van der Waals surface area contributed by atoms with Crippen molar-refractivity contribution in [3.63, 3.8) is 0 Å². The minimum atomic E-state index is -2.59. The summed E-state index contributed by atoms with van der Waals surface area (Å²) < 4.78 is 16.2. The fourth-order valence-electron chi connectivity index (χ4n) is 4.12. The van der Waals surface area contributed by atoms with Gasteiger partial charge in [0.15, 0.2) is 0 Å². The van der Waals surface area contributed by atoms with Gasteiger partial charge in [-0.25, -0.2) is 4.98 Å². The predicted octanol–water partition coefficient (Wildman–Crippen LogP) is 5.88. The zero-order valence-corrected chi connectivity index (χ0v) is 24.9. The average Bonchev–Trinajstić information content (AvgIpc) is 3.11. The summed E-state index contributed by atoms with van der Waals surface area (Å²) in [5.41, 5.74) is 1.08. The van der Waals surface area contributed by atoms with Gasteiger partial charge in [-0.2, -0.15) is 0 Å². The molecule has 0 N–H and O–H groups in total. The number of benzene rings is 2. The zero-order chi connectivity index (χ0) is 24.1. The average molecular weight is 593 g/mol. The van der Waals surface area contributed by atoms with Crippen LogP contribution >= 0.6 is 22.6 Å². The summed E-state index contributed by atoms with van der Waals surface area (Å²) in [6, 6.07) is 22.7. The summed E-state index contributed by atoms with van der Waals surface area (Å²) in [7, 11) is -3.70. The molecule has 1 aromatic heterocycles. The number of aromatic nitrogens is 2. The van der Waals surface area contributed by atoms with Crippen molar-refractivity contribution < 1.29 is 9.16 Å². The Morgan fingerprint density at radius 3 is 1.94 bits per heavy atom. The van der Waals surface area contributed by atoms with Crippen LogP contribution in [0.3, 0.4) is 0 Å². The number of hydrogen-bond donors (Lipinski definition) is 0. The number of rotatable bonds is 10. The molecule has 0 atom stereocenters. The summed E-state index contributed by atoms with van der Waals surface area (Å²) in [6.45, 7) is 15.9. The van der Waals surface area contributed by atoms with Crippen LogP contribution in [0.15, 0.2) is 67.0 Å². The maximum atomic E-state index is 7.12. The van der Waals surface area contributed by atoms with Gasteiger partial charge in [0, 0.05) is 14.7 Å². The van der Waals surface area contributed by atoms with Crippen molar-refractivity contribution in [3.8, 4) is 0 Å². The Kier molecular flexibility index (Phi) is 8.77. The lowest BCUT2D eigenvalue weighted by molar-refractivity contribution is 0.0825. The minimum Gasteiger partial charge on any atom is -0.401 e. The number of nitrogens with zero attached hydrogens (tertiary/aromatic N) is 2. The summed E-state index contributed by atoms with van der Waals surface area (Å²) in [6.07, 6.45) is 1.88. The summed E-state index contributed by atoms with van der Waals surface area (Å²) in [5.74, 6) is 0. The molecule has 0 bridgehead atoms. The number of hydrogen-bond acceptors (Lipinski definition) is 3. The SMILES string of the molecule is CC(C)(C)[Si](OCc1c(I)ncn1COCC[Si](C)(C)C)(c1ccccc1)c1ccccc1. The van der Waals surface area contributed by atoms with Crippen LogP contribution in [0.25, 0.3) is 0 Å². The highest BCUT2D eigenvalue weighted by atomic mass is 127. The van der Waals surface area contributed by atoms with Crippen LogP contribution in [0.1, 0.15) is 26.5 Å². The molecular formula is C26H37IN2O2Si2. The molecule has 0 amide bonds. The minimum absolute atomic E-state index is 0.0557.